The lowest BCUT2D eigenvalue weighted by Gasteiger charge is -2.11. The van der Waals surface area contributed by atoms with Gasteiger partial charge in [-0.1, -0.05) is 36.4 Å². The van der Waals surface area contributed by atoms with Crippen molar-refractivity contribution in [2.75, 3.05) is 0 Å². The summed E-state index contributed by atoms with van der Waals surface area (Å²) in [6.45, 7) is 8.89. The highest BCUT2D eigenvalue weighted by Gasteiger charge is 2.02. The second kappa shape index (κ2) is 6.69. The van der Waals surface area contributed by atoms with E-state index in [-0.39, 0.29) is 0 Å². The van der Waals surface area contributed by atoms with E-state index in [1.54, 1.807) is 0 Å². The molecule has 2 nitrogen and oxygen atoms in total. The molecule has 0 heterocycles. The molecule has 0 unspecified atom stereocenters. The van der Waals surface area contributed by atoms with E-state index in [0.29, 0.717) is 6.54 Å². The first-order valence-electron chi connectivity index (χ1n) is 7.15. The molecule has 0 saturated carbocycles. The van der Waals surface area contributed by atoms with Gasteiger partial charge in [0.25, 0.3) is 0 Å². The monoisotopic (exact) mass is 268 g/mol. The van der Waals surface area contributed by atoms with Crippen molar-refractivity contribution in [3.05, 3.63) is 69.8 Å². The number of nitrogens with one attached hydrogen (secondary N) is 1. The van der Waals surface area contributed by atoms with E-state index in [9.17, 15) is 0 Å². The van der Waals surface area contributed by atoms with Gasteiger partial charge < -0.3 is 11.1 Å². The minimum atomic E-state index is 0.601. The first kappa shape index (κ1) is 14.8. The van der Waals surface area contributed by atoms with Gasteiger partial charge >= 0.3 is 0 Å². The molecule has 0 radical (unpaired) electrons. The van der Waals surface area contributed by atoms with Crippen LogP contribution >= 0.6 is 0 Å². The van der Waals surface area contributed by atoms with Crippen LogP contribution in [0, 0.1) is 20.8 Å². The summed E-state index contributed by atoms with van der Waals surface area (Å²) in [5, 5.41) is 3.52. The molecular weight excluding hydrogens is 244 g/mol. The van der Waals surface area contributed by atoms with Crippen LogP contribution in [0.4, 0.5) is 0 Å². The Morgan fingerprint density at radius 1 is 0.850 bits per heavy atom. The minimum Gasteiger partial charge on any atom is -0.326 e. The topological polar surface area (TPSA) is 38.0 Å². The van der Waals surface area contributed by atoms with E-state index < -0.39 is 0 Å². The molecule has 0 fully saturated rings. The highest BCUT2D eigenvalue weighted by molar-refractivity contribution is 5.36. The first-order valence-corrected chi connectivity index (χ1v) is 7.15. The predicted molar refractivity (Wildman–Crippen MR) is 85.5 cm³/mol. The maximum atomic E-state index is 5.67. The number of hydrogen-bond acceptors (Lipinski definition) is 2. The molecule has 2 heteroatoms. The molecule has 0 aliphatic heterocycles. The molecule has 0 spiro atoms. The van der Waals surface area contributed by atoms with Crippen LogP contribution in [0.2, 0.25) is 0 Å². The highest BCUT2D eigenvalue weighted by atomic mass is 14.8. The van der Waals surface area contributed by atoms with E-state index in [1.807, 2.05) is 0 Å². The van der Waals surface area contributed by atoms with Crippen molar-refractivity contribution in [1.82, 2.24) is 5.32 Å². The summed E-state index contributed by atoms with van der Waals surface area (Å²) in [6.07, 6.45) is 0. The molecule has 0 aromatic heterocycles. The molecule has 0 atom stereocenters. The van der Waals surface area contributed by atoms with E-state index >= 15 is 0 Å². The average Bonchev–Trinajstić information content (AvgIpc) is 2.44. The number of benzene rings is 2. The lowest BCUT2D eigenvalue weighted by Crippen LogP contribution is -2.14. The Kier molecular flexibility index (Phi) is 4.94. The average molecular weight is 268 g/mol. The Labute approximate surface area is 122 Å². The zero-order valence-corrected chi connectivity index (χ0v) is 12.7. The predicted octanol–water partition coefficient (Wildman–Crippen LogP) is 3.36. The van der Waals surface area contributed by atoms with Crippen LogP contribution in [0.5, 0.6) is 0 Å². The Morgan fingerprint density at radius 2 is 1.55 bits per heavy atom. The fourth-order valence-electron chi connectivity index (χ4n) is 2.42. The van der Waals surface area contributed by atoms with Crippen molar-refractivity contribution < 1.29 is 0 Å². The molecule has 20 heavy (non-hydrogen) atoms. The summed E-state index contributed by atoms with van der Waals surface area (Å²) in [5.41, 5.74) is 13.6. The van der Waals surface area contributed by atoms with Gasteiger partial charge in [0.15, 0.2) is 0 Å². The van der Waals surface area contributed by atoms with Crippen molar-refractivity contribution in [3.8, 4) is 0 Å². The fourth-order valence-corrected chi connectivity index (χ4v) is 2.42. The maximum Gasteiger partial charge on any atom is 0.0211 e. The largest absolute Gasteiger partial charge is 0.326 e. The van der Waals surface area contributed by atoms with Gasteiger partial charge in [0.2, 0.25) is 0 Å². The van der Waals surface area contributed by atoms with E-state index in [0.717, 1.165) is 13.1 Å². The normalized spacial score (nSPS) is 10.8. The molecule has 0 aliphatic carbocycles. The van der Waals surface area contributed by atoms with Gasteiger partial charge in [-0.2, -0.15) is 0 Å². The smallest absolute Gasteiger partial charge is 0.0211 e. The number of aryl methyl sites for hydroxylation is 3. The molecule has 0 aliphatic rings. The molecule has 0 bridgehead atoms. The van der Waals surface area contributed by atoms with Crippen LogP contribution in [-0.2, 0) is 19.6 Å². The van der Waals surface area contributed by atoms with Gasteiger partial charge in [-0.25, -0.2) is 0 Å². The van der Waals surface area contributed by atoms with Gasteiger partial charge in [-0.15, -0.1) is 0 Å². The summed E-state index contributed by atoms with van der Waals surface area (Å²) in [6, 6.07) is 13.0. The summed E-state index contributed by atoms with van der Waals surface area (Å²) in [4.78, 5) is 0. The van der Waals surface area contributed by atoms with Crippen LogP contribution in [0.1, 0.15) is 33.4 Å². The molecule has 2 rings (SSSR count). The van der Waals surface area contributed by atoms with Gasteiger partial charge in [0.05, 0.1) is 0 Å². The zero-order valence-electron chi connectivity index (χ0n) is 12.7. The van der Waals surface area contributed by atoms with Gasteiger partial charge in [-0.3, -0.25) is 0 Å². The molecule has 2 aromatic rings. The van der Waals surface area contributed by atoms with Crippen LogP contribution in [0.25, 0.3) is 0 Å². The van der Waals surface area contributed by atoms with Crippen molar-refractivity contribution in [1.29, 1.82) is 0 Å². The van der Waals surface area contributed by atoms with Crippen molar-refractivity contribution in [3.63, 3.8) is 0 Å². The maximum absolute atomic E-state index is 5.67. The van der Waals surface area contributed by atoms with E-state index in [4.69, 9.17) is 5.73 Å². The minimum absolute atomic E-state index is 0.601. The quantitative estimate of drug-likeness (QED) is 0.872. The zero-order chi connectivity index (χ0) is 14.5. The summed E-state index contributed by atoms with van der Waals surface area (Å²) < 4.78 is 0. The Bertz CT molecular complexity index is 588. The van der Waals surface area contributed by atoms with Crippen LogP contribution in [0.3, 0.4) is 0 Å². The number of nitrogens with two attached hydrogens (primary N) is 1. The summed E-state index contributed by atoms with van der Waals surface area (Å²) >= 11 is 0. The molecule has 106 valence electrons. The lowest BCUT2D eigenvalue weighted by molar-refractivity contribution is 0.689. The van der Waals surface area contributed by atoms with Crippen LogP contribution < -0.4 is 11.1 Å². The van der Waals surface area contributed by atoms with Crippen molar-refractivity contribution in [2.24, 2.45) is 5.73 Å². The molecule has 0 amide bonds. The Hall–Kier alpha value is -1.64. The van der Waals surface area contributed by atoms with Crippen molar-refractivity contribution >= 4 is 0 Å². The Morgan fingerprint density at radius 3 is 2.30 bits per heavy atom. The standard InChI is InChI=1S/C18H24N2/c1-13-7-15(3)18(8-14(13)2)12-20-11-17-6-4-5-16(9-17)10-19/h4-9,20H,10-12,19H2,1-3H3. The van der Waals surface area contributed by atoms with Gasteiger partial charge in [0.1, 0.15) is 0 Å². The second-order valence-electron chi connectivity index (χ2n) is 5.49. The third-order valence-electron chi connectivity index (χ3n) is 3.82. The third-order valence-corrected chi connectivity index (χ3v) is 3.82. The molecular formula is C18H24N2. The molecule has 3 N–H and O–H groups in total. The van der Waals surface area contributed by atoms with Crippen molar-refractivity contribution in [2.45, 2.75) is 40.4 Å². The number of hydrogen-bond donors (Lipinski definition) is 2. The van der Waals surface area contributed by atoms with E-state index in [1.165, 1.54) is 33.4 Å². The fraction of sp³-hybridized carbons (Fsp3) is 0.333. The number of rotatable bonds is 5. The highest BCUT2D eigenvalue weighted by Crippen LogP contribution is 2.15. The SMILES string of the molecule is Cc1cc(C)c(CNCc2cccc(CN)c2)cc1C. The van der Waals surface area contributed by atoms with Gasteiger partial charge in [-0.05, 0) is 54.2 Å². The van der Waals surface area contributed by atoms with E-state index in [2.05, 4.69) is 62.5 Å². The lowest BCUT2D eigenvalue weighted by atomic mass is 10.0. The molecule has 2 aromatic carbocycles. The first-order chi connectivity index (χ1) is 9.60. The van der Waals surface area contributed by atoms with Gasteiger partial charge in [0, 0.05) is 19.6 Å². The molecule has 0 saturated heterocycles. The van der Waals surface area contributed by atoms with Crippen LogP contribution in [0.15, 0.2) is 36.4 Å². The third kappa shape index (κ3) is 3.69. The van der Waals surface area contributed by atoms with Crippen LogP contribution in [-0.4, -0.2) is 0 Å². The second-order valence-corrected chi connectivity index (χ2v) is 5.49. The summed E-state index contributed by atoms with van der Waals surface area (Å²) in [5.74, 6) is 0. The Balaban J connectivity index is 1.97. The summed E-state index contributed by atoms with van der Waals surface area (Å²) in [7, 11) is 0.